The van der Waals surface area contributed by atoms with Crippen LogP contribution < -0.4 is 0 Å². The first-order valence-electron chi connectivity index (χ1n) is 2.87. The molecule has 1 rings (SSSR count). The topological polar surface area (TPSA) is 17.1 Å². The summed E-state index contributed by atoms with van der Waals surface area (Å²) in [5, 5.41) is 0.251. The summed E-state index contributed by atoms with van der Waals surface area (Å²) < 4.78 is 0. The van der Waals surface area contributed by atoms with Crippen LogP contribution in [0.15, 0.2) is 30.3 Å². The van der Waals surface area contributed by atoms with Crippen LogP contribution >= 0.6 is 11.6 Å². The van der Waals surface area contributed by atoms with Crippen LogP contribution in [0.1, 0.15) is 5.56 Å². The van der Waals surface area contributed by atoms with E-state index in [0.29, 0.717) is 6.29 Å². The lowest BCUT2D eigenvalue weighted by molar-refractivity contribution is -0.105. The highest BCUT2D eigenvalue weighted by molar-refractivity contribution is 6.37. The summed E-state index contributed by atoms with van der Waals surface area (Å²) in [6.07, 6.45) is 0.636. The van der Waals surface area contributed by atoms with E-state index in [1.54, 1.807) is 12.1 Å². The molecular weight excluding hydrogens is 148 g/mol. The SMILES string of the molecule is O=C[C](Cl)c1ccccc1. The van der Waals surface area contributed by atoms with Crippen molar-refractivity contribution < 1.29 is 4.79 Å². The Morgan fingerprint density at radius 1 is 1.30 bits per heavy atom. The van der Waals surface area contributed by atoms with Gasteiger partial charge in [0.25, 0.3) is 0 Å². The predicted molar refractivity (Wildman–Crippen MR) is 40.7 cm³/mol. The molecule has 0 saturated heterocycles. The molecule has 1 aromatic rings. The number of hydrogen-bond acceptors (Lipinski definition) is 1. The van der Waals surface area contributed by atoms with Crippen LogP contribution in [-0.2, 0) is 4.79 Å². The van der Waals surface area contributed by atoms with Crippen LogP contribution in [0.25, 0.3) is 0 Å². The fourth-order valence-electron chi connectivity index (χ4n) is 0.665. The zero-order valence-corrected chi connectivity index (χ0v) is 6.01. The second kappa shape index (κ2) is 3.37. The van der Waals surface area contributed by atoms with Crippen LogP contribution in [-0.4, -0.2) is 6.29 Å². The number of halogens is 1. The van der Waals surface area contributed by atoms with Crippen molar-refractivity contribution in [3.05, 3.63) is 41.3 Å². The van der Waals surface area contributed by atoms with Crippen LogP contribution in [0.4, 0.5) is 0 Å². The van der Waals surface area contributed by atoms with Gasteiger partial charge in [-0.3, -0.25) is 0 Å². The van der Waals surface area contributed by atoms with Crippen LogP contribution in [0.5, 0.6) is 0 Å². The molecule has 0 aliphatic rings. The number of carbonyl (C=O) groups is 1. The molecule has 1 aromatic carbocycles. The third kappa shape index (κ3) is 1.58. The Balaban J connectivity index is 2.84. The third-order valence-corrected chi connectivity index (χ3v) is 1.46. The van der Waals surface area contributed by atoms with Gasteiger partial charge in [-0.05, 0) is 5.56 Å². The van der Waals surface area contributed by atoms with Gasteiger partial charge in [0.2, 0.25) is 0 Å². The first-order chi connectivity index (χ1) is 4.84. The molecule has 10 heavy (non-hydrogen) atoms. The molecule has 0 N–H and O–H groups in total. The highest BCUT2D eigenvalue weighted by Gasteiger charge is 2.04. The van der Waals surface area contributed by atoms with Crippen molar-refractivity contribution in [2.24, 2.45) is 0 Å². The number of rotatable bonds is 2. The molecule has 0 heterocycles. The van der Waals surface area contributed by atoms with E-state index in [1.165, 1.54) is 0 Å². The smallest absolute Gasteiger partial charge is 0.154 e. The van der Waals surface area contributed by atoms with E-state index in [1.807, 2.05) is 18.2 Å². The molecular formula is C8H6ClO. The highest BCUT2D eigenvalue weighted by atomic mass is 35.5. The van der Waals surface area contributed by atoms with Gasteiger partial charge >= 0.3 is 0 Å². The molecule has 51 valence electrons. The van der Waals surface area contributed by atoms with Crippen molar-refractivity contribution in [3.8, 4) is 0 Å². The number of aldehydes is 1. The largest absolute Gasteiger partial charge is 0.301 e. The third-order valence-electron chi connectivity index (χ3n) is 1.15. The molecule has 0 saturated carbocycles. The molecule has 0 aliphatic heterocycles. The lowest BCUT2D eigenvalue weighted by Gasteiger charge is -1.97. The average Bonchev–Trinajstić information content (AvgIpc) is 2.05. The van der Waals surface area contributed by atoms with Crippen molar-refractivity contribution in [3.63, 3.8) is 0 Å². The van der Waals surface area contributed by atoms with Crippen molar-refractivity contribution in [1.82, 2.24) is 0 Å². The molecule has 0 unspecified atom stereocenters. The van der Waals surface area contributed by atoms with E-state index in [-0.39, 0.29) is 5.38 Å². The summed E-state index contributed by atoms with van der Waals surface area (Å²) in [6.45, 7) is 0. The van der Waals surface area contributed by atoms with Crippen molar-refractivity contribution in [2.75, 3.05) is 0 Å². The summed E-state index contributed by atoms with van der Waals surface area (Å²) in [4.78, 5) is 10.1. The Kier molecular flexibility index (Phi) is 2.46. The molecule has 0 amide bonds. The zero-order valence-electron chi connectivity index (χ0n) is 5.25. The normalized spacial score (nSPS) is 9.80. The molecule has 0 atom stereocenters. The Labute approximate surface area is 64.6 Å². The summed E-state index contributed by atoms with van der Waals surface area (Å²) >= 11 is 5.54. The maximum atomic E-state index is 10.1. The first kappa shape index (κ1) is 7.29. The molecule has 0 aromatic heterocycles. The predicted octanol–water partition coefficient (Wildman–Crippen LogP) is 2.00. The van der Waals surface area contributed by atoms with Gasteiger partial charge < -0.3 is 4.79 Å². The quantitative estimate of drug-likeness (QED) is 0.594. The molecule has 1 radical (unpaired) electrons. The van der Waals surface area contributed by atoms with Crippen molar-refractivity contribution in [1.29, 1.82) is 0 Å². The fourth-order valence-corrected chi connectivity index (χ4v) is 0.791. The maximum Gasteiger partial charge on any atom is 0.154 e. The number of benzene rings is 1. The van der Waals surface area contributed by atoms with Gasteiger partial charge in [-0.15, -0.1) is 11.6 Å². The number of hydrogen-bond donors (Lipinski definition) is 0. The van der Waals surface area contributed by atoms with Gasteiger partial charge in [-0.25, -0.2) is 0 Å². The lowest BCUT2D eigenvalue weighted by atomic mass is 10.2. The molecule has 0 spiro atoms. The van der Waals surface area contributed by atoms with Gasteiger partial charge in [-0.2, -0.15) is 0 Å². The van der Waals surface area contributed by atoms with Crippen molar-refractivity contribution >= 4 is 17.9 Å². The van der Waals surface area contributed by atoms with E-state index >= 15 is 0 Å². The summed E-state index contributed by atoms with van der Waals surface area (Å²) in [7, 11) is 0. The van der Waals surface area contributed by atoms with Gasteiger partial charge in [-0.1, -0.05) is 30.3 Å². The Bertz CT molecular complexity index is 208. The maximum absolute atomic E-state index is 10.1. The molecule has 2 heteroatoms. The van der Waals surface area contributed by atoms with Crippen molar-refractivity contribution in [2.45, 2.75) is 0 Å². The molecule has 0 fully saturated rings. The average molecular weight is 154 g/mol. The van der Waals surface area contributed by atoms with Crippen LogP contribution in [0.2, 0.25) is 0 Å². The van der Waals surface area contributed by atoms with E-state index in [9.17, 15) is 4.79 Å². The van der Waals surface area contributed by atoms with E-state index in [2.05, 4.69) is 0 Å². The summed E-state index contributed by atoms with van der Waals surface area (Å²) in [5.41, 5.74) is 0.763. The minimum atomic E-state index is 0.251. The van der Waals surface area contributed by atoms with Gasteiger partial charge in [0.1, 0.15) is 6.29 Å². The van der Waals surface area contributed by atoms with E-state index in [4.69, 9.17) is 11.6 Å². The van der Waals surface area contributed by atoms with Gasteiger partial charge in [0, 0.05) is 0 Å². The van der Waals surface area contributed by atoms with Gasteiger partial charge in [0.15, 0.2) is 5.38 Å². The van der Waals surface area contributed by atoms with Gasteiger partial charge in [0.05, 0.1) is 0 Å². The zero-order chi connectivity index (χ0) is 7.40. The van der Waals surface area contributed by atoms with E-state index in [0.717, 1.165) is 5.56 Å². The first-order valence-corrected chi connectivity index (χ1v) is 3.25. The molecule has 0 bridgehead atoms. The molecule has 0 aliphatic carbocycles. The molecule has 1 nitrogen and oxygen atoms in total. The Hall–Kier alpha value is -0.820. The lowest BCUT2D eigenvalue weighted by Crippen LogP contribution is -1.90. The van der Waals surface area contributed by atoms with Crippen LogP contribution in [0.3, 0.4) is 0 Å². The minimum Gasteiger partial charge on any atom is -0.301 e. The van der Waals surface area contributed by atoms with E-state index < -0.39 is 0 Å². The summed E-state index contributed by atoms with van der Waals surface area (Å²) in [6, 6.07) is 9.12. The number of carbonyl (C=O) groups excluding carboxylic acids is 1. The minimum absolute atomic E-state index is 0.251. The Morgan fingerprint density at radius 3 is 2.40 bits per heavy atom. The standard InChI is InChI=1S/C8H6ClO/c9-8(6-10)7-4-2-1-3-5-7/h1-6H. The second-order valence-electron chi connectivity index (χ2n) is 1.83. The fraction of sp³-hybridized carbons (Fsp3) is 0. The summed E-state index contributed by atoms with van der Waals surface area (Å²) in [5.74, 6) is 0. The second-order valence-corrected chi connectivity index (χ2v) is 2.24. The van der Waals surface area contributed by atoms with Crippen LogP contribution in [0, 0.1) is 5.38 Å². The Morgan fingerprint density at radius 2 is 1.90 bits per heavy atom. The monoisotopic (exact) mass is 153 g/mol. The highest BCUT2D eigenvalue weighted by Crippen LogP contribution is 2.14.